The third kappa shape index (κ3) is 2.74. The van der Waals surface area contributed by atoms with Gasteiger partial charge in [-0.15, -0.1) is 0 Å². The van der Waals surface area contributed by atoms with Gasteiger partial charge in [0.25, 0.3) is 0 Å². The van der Waals surface area contributed by atoms with Crippen LogP contribution in [-0.2, 0) is 11.3 Å². The second-order valence-corrected chi connectivity index (χ2v) is 4.28. The zero-order valence-electron chi connectivity index (χ0n) is 10.1. The van der Waals surface area contributed by atoms with E-state index in [1.807, 2.05) is 30.1 Å². The molecule has 17 heavy (non-hydrogen) atoms. The van der Waals surface area contributed by atoms with Crippen LogP contribution in [0.15, 0.2) is 18.2 Å². The molecule has 1 aliphatic rings. The number of nitrogens with zero attached hydrogens (tertiary/aromatic N) is 3. The Morgan fingerprint density at radius 1 is 1.41 bits per heavy atom. The first kappa shape index (κ1) is 11.9. The Balaban J connectivity index is 2.17. The predicted octanol–water partition coefficient (Wildman–Crippen LogP) is 0.209. The van der Waals surface area contributed by atoms with Crippen molar-refractivity contribution in [2.75, 3.05) is 31.6 Å². The molecule has 0 aliphatic carbocycles. The molecule has 0 aromatic carbocycles. The molecule has 0 atom stereocenters. The molecule has 92 valence electrons. The Morgan fingerprint density at radius 3 is 3.00 bits per heavy atom. The zero-order chi connectivity index (χ0) is 12.3. The Kier molecular flexibility index (Phi) is 3.58. The molecular formula is C12H18N4O. The second-order valence-electron chi connectivity index (χ2n) is 4.28. The van der Waals surface area contributed by atoms with Gasteiger partial charge in [-0.3, -0.25) is 4.79 Å². The maximum Gasteiger partial charge on any atom is 0.241 e. The van der Waals surface area contributed by atoms with Crippen LogP contribution in [-0.4, -0.2) is 42.5 Å². The number of nitrogens with two attached hydrogens (primary N) is 1. The van der Waals surface area contributed by atoms with E-state index in [1.54, 1.807) is 4.90 Å². The summed E-state index contributed by atoms with van der Waals surface area (Å²) in [7, 11) is 1.84. The average molecular weight is 234 g/mol. The summed E-state index contributed by atoms with van der Waals surface area (Å²) in [6.45, 7) is 2.50. The smallest absolute Gasteiger partial charge is 0.241 e. The SMILES string of the molecule is CN1CCCN(c2cccc(CN)n2)CC1=O. The van der Waals surface area contributed by atoms with E-state index in [-0.39, 0.29) is 5.91 Å². The number of likely N-dealkylation sites (N-methyl/N-ethyl adjacent to an activating group) is 1. The highest BCUT2D eigenvalue weighted by atomic mass is 16.2. The van der Waals surface area contributed by atoms with E-state index in [1.165, 1.54) is 0 Å². The first-order valence-corrected chi connectivity index (χ1v) is 5.85. The van der Waals surface area contributed by atoms with Gasteiger partial charge in [0.2, 0.25) is 5.91 Å². The number of anilines is 1. The Bertz CT molecular complexity index is 407. The topological polar surface area (TPSA) is 62.5 Å². The monoisotopic (exact) mass is 234 g/mol. The summed E-state index contributed by atoms with van der Waals surface area (Å²) in [6, 6.07) is 5.76. The van der Waals surface area contributed by atoms with Gasteiger partial charge in [-0.1, -0.05) is 6.07 Å². The molecule has 0 spiro atoms. The van der Waals surface area contributed by atoms with Gasteiger partial charge in [0.1, 0.15) is 5.82 Å². The van der Waals surface area contributed by atoms with E-state index in [9.17, 15) is 4.79 Å². The first-order valence-electron chi connectivity index (χ1n) is 5.85. The number of carbonyl (C=O) groups excluding carboxylic acids is 1. The van der Waals surface area contributed by atoms with Crippen LogP contribution in [0, 0.1) is 0 Å². The summed E-state index contributed by atoms with van der Waals surface area (Å²) in [5.74, 6) is 0.985. The van der Waals surface area contributed by atoms with Crippen molar-refractivity contribution >= 4 is 11.7 Å². The molecule has 5 nitrogen and oxygen atoms in total. The molecule has 1 amide bonds. The summed E-state index contributed by atoms with van der Waals surface area (Å²) in [5, 5.41) is 0. The van der Waals surface area contributed by atoms with Gasteiger partial charge in [-0.2, -0.15) is 0 Å². The van der Waals surface area contributed by atoms with E-state index >= 15 is 0 Å². The van der Waals surface area contributed by atoms with Crippen LogP contribution >= 0.6 is 0 Å². The van der Waals surface area contributed by atoms with Crippen molar-refractivity contribution in [2.45, 2.75) is 13.0 Å². The van der Waals surface area contributed by atoms with Crippen LogP contribution in [0.25, 0.3) is 0 Å². The highest BCUT2D eigenvalue weighted by Crippen LogP contribution is 2.14. The molecule has 1 aromatic rings. The van der Waals surface area contributed by atoms with Gasteiger partial charge in [0.15, 0.2) is 0 Å². The van der Waals surface area contributed by atoms with Crippen molar-refractivity contribution in [1.29, 1.82) is 0 Å². The summed E-state index contributed by atoms with van der Waals surface area (Å²) < 4.78 is 0. The first-order chi connectivity index (χ1) is 8.20. The van der Waals surface area contributed by atoms with Gasteiger partial charge in [0, 0.05) is 26.7 Å². The second kappa shape index (κ2) is 5.14. The molecule has 1 aromatic heterocycles. The van der Waals surface area contributed by atoms with Gasteiger partial charge >= 0.3 is 0 Å². The van der Waals surface area contributed by atoms with Crippen LogP contribution in [0.3, 0.4) is 0 Å². The highest BCUT2D eigenvalue weighted by Gasteiger charge is 2.19. The van der Waals surface area contributed by atoms with Crippen LogP contribution in [0.4, 0.5) is 5.82 Å². The lowest BCUT2D eigenvalue weighted by Gasteiger charge is -2.21. The maximum absolute atomic E-state index is 11.8. The molecule has 5 heteroatoms. The van der Waals surface area contributed by atoms with E-state index in [0.717, 1.165) is 31.0 Å². The van der Waals surface area contributed by atoms with Crippen LogP contribution in [0.1, 0.15) is 12.1 Å². The van der Waals surface area contributed by atoms with E-state index in [2.05, 4.69) is 4.98 Å². The van der Waals surface area contributed by atoms with E-state index in [4.69, 9.17) is 5.73 Å². The highest BCUT2D eigenvalue weighted by molar-refractivity contribution is 5.81. The minimum atomic E-state index is 0.141. The maximum atomic E-state index is 11.8. The summed E-state index contributed by atoms with van der Waals surface area (Å²) in [5.41, 5.74) is 6.43. The zero-order valence-corrected chi connectivity index (χ0v) is 10.1. The molecule has 1 aliphatic heterocycles. The molecule has 1 fully saturated rings. The van der Waals surface area contributed by atoms with Gasteiger partial charge in [-0.25, -0.2) is 4.98 Å². The number of amides is 1. The van der Waals surface area contributed by atoms with Crippen molar-refractivity contribution in [1.82, 2.24) is 9.88 Å². The van der Waals surface area contributed by atoms with Crippen molar-refractivity contribution < 1.29 is 4.79 Å². The predicted molar refractivity (Wildman–Crippen MR) is 66.6 cm³/mol. The van der Waals surface area contributed by atoms with E-state index < -0.39 is 0 Å². The normalized spacial score (nSPS) is 17.2. The minimum Gasteiger partial charge on any atom is -0.347 e. The number of hydrogen-bond acceptors (Lipinski definition) is 4. The van der Waals surface area contributed by atoms with Crippen LogP contribution < -0.4 is 10.6 Å². The van der Waals surface area contributed by atoms with E-state index in [0.29, 0.717) is 13.1 Å². The fourth-order valence-corrected chi connectivity index (χ4v) is 1.94. The quantitative estimate of drug-likeness (QED) is 0.794. The fraction of sp³-hybridized carbons (Fsp3) is 0.500. The number of aromatic nitrogens is 1. The number of hydrogen-bond donors (Lipinski definition) is 1. The standard InChI is InChI=1S/C12H18N4O/c1-15-6-3-7-16(9-12(15)17)11-5-2-4-10(8-13)14-11/h2,4-5H,3,6-9,13H2,1H3. The molecular weight excluding hydrogens is 216 g/mol. The van der Waals surface area contributed by atoms with Gasteiger partial charge < -0.3 is 15.5 Å². The van der Waals surface area contributed by atoms with Crippen LogP contribution in [0.2, 0.25) is 0 Å². The largest absolute Gasteiger partial charge is 0.347 e. The van der Waals surface area contributed by atoms with Crippen molar-refractivity contribution in [3.8, 4) is 0 Å². The molecule has 0 bridgehead atoms. The van der Waals surface area contributed by atoms with Gasteiger partial charge in [-0.05, 0) is 18.6 Å². The van der Waals surface area contributed by atoms with Crippen molar-refractivity contribution in [3.05, 3.63) is 23.9 Å². The molecule has 2 N–H and O–H groups in total. The number of carbonyl (C=O) groups is 1. The van der Waals surface area contributed by atoms with Crippen molar-refractivity contribution in [2.24, 2.45) is 5.73 Å². The Morgan fingerprint density at radius 2 is 2.24 bits per heavy atom. The fourth-order valence-electron chi connectivity index (χ4n) is 1.94. The lowest BCUT2D eigenvalue weighted by molar-refractivity contribution is -0.127. The number of rotatable bonds is 2. The Labute approximate surface area is 101 Å². The molecule has 0 unspecified atom stereocenters. The summed E-state index contributed by atoms with van der Waals surface area (Å²) >= 11 is 0. The number of pyridine rings is 1. The van der Waals surface area contributed by atoms with Crippen molar-refractivity contribution in [3.63, 3.8) is 0 Å². The summed E-state index contributed by atoms with van der Waals surface area (Å²) in [6.07, 6.45) is 0.969. The van der Waals surface area contributed by atoms with Crippen LogP contribution in [0.5, 0.6) is 0 Å². The lowest BCUT2D eigenvalue weighted by Crippen LogP contribution is -2.34. The van der Waals surface area contributed by atoms with Gasteiger partial charge in [0.05, 0.1) is 12.2 Å². The lowest BCUT2D eigenvalue weighted by atomic mass is 10.3. The average Bonchev–Trinajstić information content (AvgIpc) is 2.52. The third-order valence-electron chi connectivity index (χ3n) is 3.00. The Hall–Kier alpha value is -1.62. The minimum absolute atomic E-state index is 0.141. The molecule has 2 heterocycles. The summed E-state index contributed by atoms with van der Waals surface area (Å²) in [4.78, 5) is 20.0. The molecule has 0 radical (unpaired) electrons. The molecule has 2 rings (SSSR count). The molecule has 0 saturated carbocycles. The molecule has 1 saturated heterocycles. The third-order valence-corrected chi connectivity index (χ3v) is 3.00.